The van der Waals surface area contributed by atoms with Crippen LogP contribution < -0.4 is 15.1 Å². The molecule has 1 aliphatic heterocycles. The van der Waals surface area contributed by atoms with Gasteiger partial charge < -0.3 is 4.74 Å². The van der Waals surface area contributed by atoms with E-state index in [1.165, 1.54) is 36.7 Å². The van der Waals surface area contributed by atoms with Crippen molar-refractivity contribution in [2.45, 2.75) is 26.7 Å². The quantitative estimate of drug-likeness (QED) is 0.154. The number of aromatic nitrogens is 1. The Kier molecular flexibility index (Phi) is 5.35. The fraction of sp³-hybridized carbons (Fsp3) is 0.0702. The molecule has 0 atom stereocenters. The van der Waals surface area contributed by atoms with Crippen molar-refractivity contribution >= 4 is 105 Å². The van der Waals surface area contributed by atoms with Crippen LogP contribution in [0.1, 0.15) is 27.6 Å². The van der Waals surface area contributed by atoms with E-state index >= 15 is 0 Å². The molecule has 0 amide bonds. The van der Waals surface area contributed by atoms with Gasteiger partial charge in [-0.3, -0.25) is 4.98 Å². The number of hydrogen-bond acceptors (Lipinski definition) is 2. The monoisotopic (exact) mass is 795 g/mol. The maximum Gasteiger partial charge on any atom is 0.145 e. The van der Waals surface area contributed by atoms with Crippen molar-refractivity contribution in [2.75, 3.05) is 0 Å². The highest BCUT2D eigenvalue weighted by atomic mass is 28.3. The van der Waals surface area contributed by atoms with Crippen LogP contribution in [0.3, 0.4) is 0 Å². The van der Waals surface area contributed by atoms with Crippen LogP contribution in [-0.2, 0) is 0 Å². The Morgan fingerprint density at radius 1 is 0.433 bits per heavy atom. The SMILES string of the molecule is [2H]C([2H])([2H])c1ccc2c(c1-c1cc(C([2H])([2H])[2H])c3c4ccccc4c4cc5c6ccccc6c6ccccc6c6ccccc6c5cc4c4ccccc4c3c1)Oc1cnccc1[Si]2(C([2H])([2H])[2H])C([2H])([2H])[2H]. The second-order valence-corrected chi connectivity index (χ2v) is 18.3. The van der Waals surface area contributed by atoms with E-state index in [1.54, 1.807) is 6.07 Å². The number of rotatable bonds is 1. The van der Waals surface area contributed by atoms with E-state index in [2.05, 4.69) is 77.8 Å². The van der Waals surface area contributed by atoms with E-state index in [4.69, 9.17) is 17.1 Å². The normalized spacial score (nSPS) is 17.1. The molecule has 11 aromatic rings. The molecule has 284 valence electrons. The molecule has 0 aliphatic carbocycles. The molecule has 1 aliphatic rings. The third-order valence-corrected chi connectivity index (χ3v) is 14.9. The predicted octanol–water partition coefficient (Wildman–Crippen LogP) is 14.6. The standard InChI is InChI=1S/C57H41NOSi/c1-34-25-26-54-57(59-52-33-58-28-27-53(52)60(54,3)4)55(34)36-29-35(2)56-46-24-14-13-23-45(46)50-32-48-42-20-10-8-18-40(42)38-16-6-5-15-37(38)39-17-7-9-19-41(39)47(48)31-49(50)43-21-11-12-22-44(43)51(56)30-36/h5-33H,1-4H3/i1D3,2D3,3D3,4D3. The third-order valence-electron chi connectivity index (χ3n) is 12.5. The lowest BCUT2D eigenvalue weighted by molar-refractivity contribution is 0.486. The van der Waals surface area contributed by atoms with Crippen molar-refractivity contribution in [1.82, 2.24) is 4.98 Å². The third kappa shape index (κ3) is 4.96. The molecule has 12 rings (SSSR count). The van der Waals surface area contributed by atoms with Gasteiger partial charge in [-0.1, -0.05) is 152 Å². The van der Waals surface area contributed by atoms with Crippen LogP contribution in [0.25, 0.3) is 97.3 Å². The second kappa shape index (κ2) is 13.0. The fourth-order valence-corrected chi connectivity index (χ4v) is 11.8. The molecule has 0 bridgehead atoms. The van der Waals surface area contributed by atoms with Crippen molar-refractivity contribution in [3.05, 3.63) is 187 Å². The van der Waals surface area contributed by atoms with Crippen molar-refractivity contribution in [3.63, 3.8) is 0 Å². The molecule has 1 aromatic heterocycles. The summed E-state index contributed by atoms with van der Waals surface area (Å²) in [6.07, 6.45) is 2.57. The first-order chi connectivity index (χ1) is 34.3. The van der Waals surface area contributed by atoms with E-state index in [1.807, 2.05) is 60.7 Å². The molecule has 60 heavy (non-hydrogen) atoms. The lowest BCUT2D eigenvalue weighted by Crippen LogP contribution is -2.56. The number of aryl methyl sites for hydroxylation is 2. The van der Waals surface area contributed by atoms with Gasteiger partial charge in [0, 0.05) is 28.2 Å². The Morgan fingerprint density at radius 2 is 0.900 bits per heavy atom. The average Bonchev–Trinajstić information content (AvgIpc) is 3.35. The number of benzene rings is 8. The summed E-state index contributed by atoms with van der Waals surface area (Å²) in [6.45, 7) is -11.9. The van der Waals surface area contributed by atoms with E-state index in [0.29, 0.717) is 21.5 Å². The molecule has 0 N–H and O–H groups in total. The Balaban J connectivity index is 1.32. The highest BCUT2D eigenvalue weighted by molar-refractivity contribution is 7.01. The fourth-order valence-electron chi connectivity index (χ4n) is 9.82. The number of hydrogen-bond donors (Lipinski definition) is 0. The first-order valence-corrected chi connectivity index (χ1v) is 21.9. The van der Waals surface area contributed by atoms with Gasteiger partial charge in [-0.2, -0.15) is 0 Å². The Hall–Kier alpha value is -7.07. The summed E-state index contributed by atoms with van der Waals surface area (Å²) in [4.78, 5) is 4.18. The van der Waals surface area contributed by atoms with Crippen molar-refractivity contribution in [1.29, 1.82) is 0 Å². The van der Waals surface area contributed by atoms with Crippen LogP contribution in [0, 0.1) is 13.7 Å². The van der Waals surface area contributed by atoms with Gasteiger partial charge in [0.25, 0.3) is 0 Å². The Bertz CT molecular complexity index is 4200. The summed E-state index contributed by atoms with van der Waals surface area (Å²) in [5.74, 6) is -0.378. The largest absolute Gasteiger partial charge is 0.455 e. The summed E-state index contributed by atoms with van der Waals surface area (Å²) in [6, 6.07) is 52.2. The van der Waals surface area contributed by atoms with Gasteiger partial charge >= 0.3 is 0 Å². The average molecular weight is 796 g/mol. The van der Waals surface area contributed by atoms with Crippen LogP contribution in [0.2, 0.25) is 13.0 Å². The van der Waals surface area contributed by atoms with E-state index in [0.717, 1.165) is 64.6 Å². The van der Waals surface area contributed by atoms with Gasteiger partial charge in [0.05, 0.1) is 6.20 Å². The summed E-state index contributed by atoms with van der Waals surface area (Å²) in [7, 11) is -4.96. The van der Waals surface area contributed by atoms with Crippen molar-refractivity contribution in [2.24, 2.45) is 0 Å². The zero-order chi connectivity index (χ0) is 50.3. The van der Waals surface area contributed by atoms with Crippen LogP contribution in [-0.4, -0.2) is 13.1 Å². The number of ether oxygens (including phenoxy) is 1. The summed E-state index contributed by atoms with van der Waals surface area (Å²) in [5.41, 5.74) is -0.381. The van der Waals surface area contributed by atoms with Crippen LogP contribution >= 0.6 is 0 Å². The number of nitrogens with zero attached hydrogens (tertiary/aromatic N) is 1. The molecule has 0 saturated carbocycles. The first kappa shape index (κ1) is 24.8. The number of fused-ring (bicyclic) bond motifs is 18. The van der Waals surface area contributed by atoms with Crippen LogP contribution in [0.4, 0.5) is 0 Å². The minimum absolute atomic E-state index is 0.0213. The van der Waals surface area contributed by atoms with E-state index in [9.17, 15) is 4.11 Å². The van der Waals surface area contributed by atoms with E-state index in [-0.39, 0.29) is 44.1 Å². The molecule has 2 heterocycles. The highest BCUT2D eigenvalue weighted by Crippen LogP contribution is 2.45. The minimum Gasteiger partial charge on any atom is -0.455 e. The minimum atomic E-state index is -4.96. The van der Waals surface area contributed by atoms with E-state index < -0.39 is 34.7 Å². The maximum absolute atomic E-state index is 9.28. The molecule has 0 unspecified atom stereocenters. The van der Waals surface area contributed by atoms with Gasteiger partial charge in [0.15, 0.2) is 0 Å². The number of pyridine rings is 1. The van der Waals surface area contributed by atoms with Crippen molar-refractivity contribution < 1.29 is 21.2 Å². The summed E-state index contributed by atoms with van der Waals surface area (Å²) in [5, 5.41) is 13.7. The Morgan fingerprint density at radius 3 is 1.40 bits per heavy atom. The lowest BCUT2D eigenvalue weighted by Gasteiger charge is -2.34. The molecule has 0 fully saturated rings. The molecule has 0 saturated heterocycles. The first-order valence-electron chi connectivity index (χ1n) is 25.9. The maximum atomic E-state index is 9.28. The topological polar surface area (TPSA) is 22.1 Å². The zero-order valence-electron chi connectivity index (χ0n) is 44.1. The van der Waals surface area contributed by atoms with Gasteiger partial charge in [-0.25, -0.2) is 0 Å². The second-order valence-electron chi connectivity index (χ2n) is 15.7. The summed E-state index contributed by atoms with van der Waals surface area (Å²) >= 11 is 0. The van der Waals surface area contributed by atoms with Gasteiger partial charge in [0.1, 0.15) is 19.6 Å². The molecular weight excluding hydrogens is 743 g/mol. The smallest absolute Gasteiger partial charge is 0.145 e. The molecule has 0 spiro atoms. The van der Waals surface area contributed by atoms with Crippen molar-refractivity contribution in [3.8, 4) is 22.6 Å². The Labute approximate surface area is 366 Å². The van der Waals surface area contributed by atoms with Crippen LogP contribution in [0.15, 0.2) is 176 Å². The lowest BCUT2D eigenvalue weighted by atomic mass is 9.87. The zero-order valence-corrected chi connectivity index (χ0v) is 33.1. The predicted molar refractivity (Wildman–Crippen MR) is 260 cm³/mol. The molecule has 0 radical (unpaired) electrons. The van der Waals surface area contributed by atoms with Gasteiger partial charge in [-0.15, -0.1) is 0 Å². The molecular formula is C57H41NOSi. The highest BCUT2D eigenvalue weighted by Gasteiger charge is 2.38. The summed E-state index contributed by atoms with van der Waals surface area (Å²) < 4.78 is 115. The molecule has 10 aromatic carbocycles. The molecule has 2 nitrogen and oxygen atoms in total. The molecule has 3 heteroatoms. The van der Waals surface area contributed by atoms with Gasteiger partial charge in [-0.05, 0) is 151 Å². The van der Waals surface area contributed by atoms with Gasteiger partial charge in [0.2, 0.25) is 0 Å². The van der Waals surface area contributed by atoms with Crippen LogP contribution in [0.5, 0.6) is 11.5 Å².